The lowest BCUT2D eigenvalue weighted by molar-refractivity contribution is -0.130. The first kappa shape index (κ1) is 13.0. The lowest BCUT2D eigenvalue weighted by Gasteiger charge is -2.20. The van der Waals surface area contributed by atoms with Gasteiger partial charge in [0.2, 0.25) is 11.8 Å². The van der Waals surface area contributed by atoms with E-state index in [9.17, 15) is 9.59 Å². The molecule has 5 heteroatoms. The summed E-state index contributed by atoms with van der Waals surface area (Å²) in [5.74, 6) is 0.0137. The van der Waals surface area contributed by atoms with Crippen LogP contribution in [-0.2, 0) is 9.59 Å². The van der Waals surface area contributed by atoms with Crippen LogP contribution in [0.15, 0.2) is 0 Å². The predicted octanol–water partition coefficient (Wildman–Crippen LogP) is -0.323. The van der Waals surface area contributed by atoms with Crippen LogP contribution < -0.4 is 5.32 Å². The lowest BCUT2D eigenvalue weighted by atomic mass is 10.2. The van der Waals surface area contributed by atoms with Crippen LogP contribution in [0, 0.1) is 0 Å². The fraction of sp³-hybridized carbons (Fsp3) is 0.818. The Morgan fingerprint density at radius 3 is 2.75 bits per heavy atom. The largest absolute Gasteiger partial charge is 0.347 e. The molecule has 1 N–H and O–H groups in total. The highest BCUT2D eigenvalue weighted by atomic mass is 16.2. The van der Waals surface area contributed by atoms with Gasteiger partial charge in [-0.1, -0.05) is 0 Å². The van der Waals surface area contributed by atoms with Crippen molar-refractivity contribution in [3.05, 3.63) is 0 Å². The number of nitrogens with zero attached hydrogens (tertiary/aromatic N) is 2. The van der Waals surface area contributed by atoms with Crippen molar-refractivity contribution in [2.45, 2.75) is 19.3 Å². The Labute approximate surface area is 96.8 Å². The molecule has 0 aromatic heterocycles. The Balaban J connectivity index is 2.24. The van der Waals surface area contributed by atoms with Crippen LogP contribution in [0.2, 0.25) is 0 Å². The van der Waals surface area contributed by atoms with Crippen LogP contribution in [0.3, 0.4) is 0 Å². The highest BCUT2D eigenvalue weighted by Gasteiger charge is 2.19. The number of rotatable bonds is 5. The summed E-state index contributed by atoms with van der Waals surface area (Å²) in [6.07, 6.45) is 2.51. The van der Waals surface area contributed by atoms with Gasteiger partial charge in [0.15, 0.2) is 0 Å². The summed E-state index contributed by atoms with van der Waals surface area (Å²) < 4.78 is 0. The number of hydrogen-bond acceptors (Lipinski definition) is 3. The van der Waals surface area contributed by atoms with Crippen LogP contribution in [0.1, 0.15) is 19.3 Å². The summed E-state index contributed by atoms with van der Waals surface area (Å²) in [6, 6.07) is 0. The Kier molecular flexibility index (Phi) is 5.25. The summed E-state index contributed by atoms with van der Waals surface area (Å²) >= 11 is 0. The molecule has 92 valence electrons. The van der Waals surface area contributed by atoms with Crippen molar-refractivity contribution < 1.29 is 9.59 Å². The van der Waals surface area contributed by atoms with E-state index in [0.29, 0.717) is 13.0 Å². The van der Waals surface area contributed by atoms with Crippen molar-refractivity contribution in [3.63, 3.8) is 0 Å². The molecule has 0 atom stereocenters. The second-order valence-corrected chi connectivity index (χ2v) is 4.42. The first-order valence-electron chi connectivity index (χ1n) is 5.79. The van der Waals surface area contributed by atoms with Gasteiger partial charge in [0.05, 0.1) is 6.54 Å². The van der Waals surface area contributed by atoms with Gasteiger partial charge in [-0.2, -0.15) is 0 Å². The maximum absolute atomic E-state index is 11.6. The zero-order valence-electron chi connectivity index (χ0n) is 10.2. The minimum absolute atomic E-state index is 0.0239. The van der Waals surface area contributed by atoms with E-state index >= 15 is 0 Å². The SMILES string of the molecule is CN(C)CCCCN1CCC(=O)NCC1=O. The molecule has 0 bridgehead atoms. The maximum atomic E-state index is 11.6. The standard InChI is InChI=1S/C11H21N3O2/c1-13(2)6-3-4-7-14-8-5-10(15)12-9-11(14)16/h3-9H2,1-2H3,(H,12,15). The smallest absolute Gasteiger partial charge is 0.241 e. The van der Waals surface area contributed by atoms with E-state index in [1.165, 1.54) is 0 Å². The van der Waals surface area contributed by atoms with Gasteiger partial charge in [-0.15, -0.1) is 0 Å². The van der Waals surface area contributed by atoms with Crippen molar-refractivity contribution in [3.8, 4) is 0 Å². The predicted molar refractivity (Wildman–Crippen MR) is 62.0 cm³/mol. The minimum atomic E-state index is -0.0239. The van der Waals surface area contributed by atoms with Crippen LogP contribution >= 0.6 is 0 Å². The number of carbonyl (C=O) groups is 2. The molecule has 5 nitrogen and oxygen atoms in total. The highest BCUT2D eigenvalue weighted by Crippen LogP contribution is 2.01. The van der Waals surface area contributed by atoms with Gasteiger partial charge in [0.1, 0.15) is 0 Å². The molecule has 1 fully saturated rings. The third-order valence-electron chi connectivity index (χ3n) is 2.68. The molecule has 0 unspecified atom stereocenters. The van der Waals surface area contributed by atoms with E-state index in [-0.39, 0.29) is 18.4 Å². The number of carbonyl (C=O) groups excluding carboxylic acids is 2. The molecule has 16 heavy (non-hydrogen) atoms. The van der Waals surface area contributed by atoms with Gasteiger partial charge in [-0.3, -0.25) is 9.59 Å². The summed E-state index contributed by atoms with van der Waals surface area (Å²) in [5, 5.41) is 2.59. The van der Waals surface area contributed by atoms with Gasteiger partial charge in [-0.25, -0.2) is 0 Å². The van der Waals surface area contributed by atoms with Crippen LogP contribution in [0.25, 0.3) is 0 Å². The Hall–Kier alpha value is -1.10. The molecule has 0 aromatic carbocycles. The van der Waals surface area contributed by atoms with E-state index in [1.54, 1.807) is 4.90 Å². The van der Waals surface area contributed by atoms with Crippen LogP contribution in [-0.4, -0.2) is 61.9 Å². The summed E-state index contributed by atoms with van der Waals surface area (Å²) in [4.78, 5) is 26.6. The summed E-state index contributed by atoms with van der Waals surface area (Å²) in [7, 11) is 4.08. The molecular weight excluding hydrogens is 206 g/mol. The maximum Gasteiger partial charge on any atom is 0.241 e. The molecule has 1 aliphatic heterocycles. The fourth-order valence-electron chi connectivity index (χ4n) is 1.70. The molecule has 1 saturated heterocycles. The first-order valence-corrected chi connectivity index (χ1v) is 5.79. The third-order valence-corrected chi connectivity index (χ3v) is 2.68. The van der Waals surface area contributed by atoms with Crippen molar-refractivity contribution in [1.82, 2.24) is 15.1 Å². The Bertz CT molecular complexity index is 254. The number of nitrogens with one attached hydrogen (secondary N) is 1. The molecule has 1 aliphatic rings. The molecule has 0 saturated carbocycles. The summed E-state index contributed by atoms with van der Waals surface area (Å²) in [6.45, 7) is 2.53. The third kappa shape index (κ3) is 4.61. The topological polar surface area (TPSA) is 52.6 Å². The molecule has 0 radical (unpaired) electrons. The zero-order valence-corrected chi connectivity index (χ0v) is 10.2. The van der Waals surface area contributed by atoms with E-state index < -0.39 is 0 Å². The zero-order chi connectivity index (χ0) is 12.0. The normalized spacial score (nSPS) is 17.6. The number of amides is 2. The second-order valence-electron chi connectivity index (χ2n) is 4.42. The van der Waals surface area contributed by atoms with Gasteiger partial charge < -0.3 is 15.1 Å². The average Bonchev–Trinajstić information content (AvgIpc) is 2.38. The monoisotopic (exact) mass is 227 g/mol. The average molecular weight is 227 g/mol. The van der Waals surface area contributed by atoms with Crippen molar-refractivity contribution in [1.29, 1.82) is 0 Å². The molecule has 1 heterocycles. The van der Waals surface area contributed by atoms with Crippen molar-refractivity contribution >= 4 is 11.8 Å². The number of hydrogen-bond donors (Lipinski definition) is 1. The molecule has 2 amide bonds. The minimum Gasteiger partial charge on any atom is -0.347 e. The van der Waals surface area contributed by atoms with E-state index in [0.717, 1.165) is 25.9 Å². The van der Waals surface area contributed by atoms with E-state index in [1.807, 2.05) is 14.1 Å². The van der Waals surface area contributed by atoms with Gasteiger partial charge in [-0.05, 0) is 33.5 Å². The summed E-state index contributed by atoms with van der Waals surface area (Å²) in [5.41, 5.74) is 0. The van der Waals surface area contributed by atoms with Gasteiger partial charge >= 0.3 is 0 Å². The van der Waals surface area contributed by atoms with E-state index in [2.05, 4.69) is 10.2 Å². The van der Waals surface area contributed by atoms with Gasteiger partial charge in [0, 0.05) is 19.5 Å². The highest BCUT2D eigenvalue weighted by molar-refractivity contribution is 5.87. The van der Waals surface area contributed by atoms with Crippen LogP contribution in [0.5, 0.6) is 0 Å². The first-order chi connectivity index (χ1) is 7.59. The van der Waals surface area contributed by atoms with Gasteiger partial charge in [0.25, 0.3) is 0 Å². The quantitative estimate of drug-likeness (QED) is 0.655. The Morgan fingerprint density at radius 2 is 2.06 bits per heavy atom. The Morgan fingerprint density at radius 1 is 1.31 bits per heavy atom. The second kappa shape index (κ2) is 6.48. The van der Waals surface area contributed by atoms with Crippen molar-refractivity contribution in [2.24, 2.45) is 0 Å². The lowest BCUT2D eigenvalue weighted by Crippen LogP contribution is -2.36. The molecule has 1 rings (SSSR count). The molecular formula is C11H21N3O2. The molecule has 0 aromatic rings. The van der Waals surface area contributed by atoms with Crippen LogP contribution in [0.4, 0.5) is 0 Å². The molecule has 0 spiro atoms. The number of unbranched alkanes of at least 4 members (excludes halogenated alkanes) is 1. The van der Waals surface area contributed by atoms with E-state index in [4.69, 9.17) is 0 Å². The van der Waals surface area contributed by atoms with Crippen molar-refractivity contribution in [2.75, 3.05) is 40.3 Å². The molecule has 0 aliphatic carbocycles. The fourth-order valence-corrected chi connectivity index (χ4v) is 1.70.